The van der Waals surface area contributed by atoms with Crippen molar-refractivity contribution in [3.05, 3.63) is 29.3 Å². The number of amides is 2. The molecule has 2 rings (SSSR count). The van der Waals surface area contributed by atoms with Crippen LogP contribution in [0.1, 0.15) is 40.0 Å². The van der Waals surface area contributed by atoms with Gasteiger partial charge in [0.05, 0.1) is 5.56 Å². The van der Waals surface area contributed by atoms with Gasteiger partial charge in [-0.15, -0.1) is 0 Å². The Morgan fingerprint density at radius 3 is 2.22 bits per heavy atom. The first-order chi connectivity index (χ1) is 8.59. The molecule has 18 heavy (non-hydrogen) atoms. The third kappa shape index (κ3) is 2.45. The van der Waals surface area contributed by atoms with Crippen LogP contribution >= 0.6 is 0 Å². The summed E-state index contributed by atoms with van der Waals surface area (Å²) in [7, 11) is 0. The van der Waals surface area contributed by atoms with Crippen LogP contribution in [-0.2, 0) is 0 Å². The monoisotopic (exact) mass is 247 g/mol. The number of nitrogens with zero attached hydrogens (tertiary/aromatic N) is 1. The summed E-state index contributed by atoms with van der Waals surface area (Å²) in [5.41, 5.74) is 12.1. The molecule has 5 heteroatoms. The van der Waals surface area contributed by atoms with Gasteiger partial charge in [0.15, 0.2) is 0 Å². The van der Waals surface area contributed by atoms with Gasteiger partial charge in [0.1, 0.15) is 0 Å². The van der Waals surface area contributed by atoms with E-state index in [1.165, 1.54) is 12.5 Å². The lowest BCUT2D eigenvalue weighted by atomic mass is 10.0. The Morgan fingerprint density at radius 1 is 1.00 bits per heavy atom. The number of primary amides is 2. The normalized spacial score (nSPS) is 15.4. The van der Waals surface area contributed by atoms with Crippen molar-refractivity contribution in [3.8, 4) is 0 Å². The summed E-state index contributed by atoms with van der Waals surface area (Å²) in [6.45, 7) is 1.83. The molecule has 1 aromatic rings. The minimum Gasteiger partial charge on any atom is -0.371 e. The van der Waals surface area contributed by atoms with Crippen molar-refractivity contribution in [2.24, 2.45) is 11.5 Å². The van der Waals surface area contributed by atoms with Gasteiger partial charge < -0.3 is 16.4 Å². The topological polar surface area (TPSA) is 89.4 Å². The second kappa shape index (κ2) is 5.08. The number of carbonyl (C=O) groups is 2. The zero-order chi connectivity index (χ0) is 13.1. The molecule has 0 unspecified atom stereocenters. The standard InChI is InChI=1S/C13H17N3O2/c14-12(17)9-4-5-11(10(8-9)13(15)18)16-6-2-1-3-7-16/h4-5,8H,1-3,6-7H2,(H2,14,17)(H2,15,18). The van der Waals surface area contributed by atoms with E-state index in [1.807, 2.05) is 0 Å². The van der Waals surface area contributed by atoms with Crippen molar-refractivity contribution in [2.45, 2.75) is 19.3 Å². The highest BCUT2D eigenvalue weighted by atomic mass is 16.1. The number of benzene rings is 1. The second-order valence-corrected chi connectivity index (χ2v) is 4.51. The molecular weight excluding hydrogens is 230 g/mol. The Labute approximate surface area is 106 Å². The van der Waals surface area contributed by atoms with Crippen LogP contribution in [0.25, 0.3) is 0 Å². The van der Waals surface area contributed by atoms with Gasteiger partial charge in [0.25, 0.3) is 5.91 Å². The van der Waals surface area contributed by atoms with E-state index in [0.29, 0.717) is 11.1 Å². The zero-order valence-electron chi connectivity index (χ0n) is 10.2. The largest absolute Gasteiger partial charge is 0.371 e. The van der Waals surface area contributed by atoms with Crippen LogP contribution < -0.4 is 16.4 Å². The summed E-state index contributed by atoms with van der Waals surface area (Å²) in [4.78, 5) is 24.7. The van der Waals surface area contributed by atoms with E-state index < -0.39 is 11.8 Å². The molecule has 0 spiro atoms. The van der Waals surface area contributed by atoms with Crippen molar-refractivity contribution < 1.29 is 9.59 Å². The maximum absolute atomic E-state index is 11.5. The van der Waals surface area contributed by atoms with Crippen molar-refractivity contribution in [2.75, 3.05) is 18.0 Å². The number of carbonyl (C=O) groups excluding carboxylic acids is 2. The average Bonchev–Trinajstić information content (AvgIpc) is 2.39. The third-order valence-electron chi connectivity index (χ3n) is 3.24. The highest BCUT2D eigenvalue weighted by Gasteiger charge is 2.18. The summed E-state index contributed by atoms with van der Waals surface area (Å²) < 4.78 is 0. The minimum absolute atomic E-state index is 0.310. The smallest absolute Gasteiger partial charge is 0.250 e. The summed E-state index contributed by atoms with van der Waals surface area (Å²) in [6.07, 6.45) is 3.42. The van der Waals surface area contributed by atoms with Gasteiger partial charge in [0, 0.05) is 24.3 Å². The van der Waals surface area contributed by atoms with Crippen LogP contribution in [-0.4, -0.2) is 24.9 Å². The molecule has 0 bridgehead atoms. The van der Waals surface area contributed by atoms with Gasteiger partial charge in [0.2, 0.25) is 5.91 Å². The maximum Gasteiger partial charge on any atom is 0.250 e. The highest BCUT2D eigenvalue weighted by Crippen LogP contribution is 2.25. The van der Waals surface area contributed by atoms with Crippen LogP contribution in [0.3, 0.4) is 0 Å². The molecule has 1 fully saturated rings. The second-order valence-electron chi connectivity index (χ2n) is 4.51. The molecular formula is C13H17N3O2. The van der Waals surface area contributed by atoms with E-state index in [1.54, 1.807) is 12.1 Å². The SMILES string of the molecule is NC(=O)c1ccc(N2CCCCC2)c(C(N)=O)c1. The first-order valence-corrected chi connectivity index (χ1v) is 6.08. The van der Waals surface area contributed by atoms with Gasteiger partial charge >= 0.3 is 0 Å². The lowest BCUT2D eigenvalue weighted by Crippen LogP contribution is -2.31. The molecule has 0 radical (unpaired) electrons. The quantitative estimate of drug-likeness (QED) is 0.830. The molecule has 1 aliphatic heterocycles. The van der Waals surface area contributed by atoms with E-state index in [4.69, 9.17) is 11.5 Å². The van der Waals surface area contributed by atoms with Crippen molar-refractivity contribution in [3.63, 3.8) is 0 Å². The van der Waals surface area contributed by atoms with Gasteiger partial charge in [-0.2, -0.15) is 0 Å². The van der Waals surface area contributed by atoms with Crippen molar-refractivity contribution in [1.29, 1.82) is 0 Å². The van der Waals surface area contributed by atoms with E-state index in [0.717, 1.165) is 31.6 Å². The minimum atomic E-state index is -0.553. The van der Waals surface area contributed by atoms with Crippen LogP contribution in [0.4, 0.5) is 5.69 Å². The summed E-state index contributed by atoms with van der Waals surface area (Å²) in [5.74, 6) is -1.08. The molecule has 0 saturated carbocycles. The fourth-order valence-electron chi connectivity index (χ4n) is 2.30. The Balaban J connectivity index is 2.39. The van der Waals surface area contributed by atoms with Crippen molar-refractivity contribution >= 4 is 17.5 Å². The fourth-order valence-corrected chi connectivity index (χ4v) is 2.30. The highest BCUT2D eigenvalue weighted by molar-refractivity contribution is 6.02. The molecule has 0 atom stereocenters. The van der Waals surface area contributed by atoms with Crippen LogP contribution in [0.15, 0.2) is 18.2 Å². The number of hydrogen-bond acceptors (Lipinski definition) is 3. The molecule has 2 amide bonds. The first kappa shape index (κ1) is 12.4. The number of nitrogens with two attached hydrogens (primary N) is 2. The van der Waals surface area contributed by atoms with E-state index >= 15 is 0 Å². The van der Waals surface area contributed by atoms with Crippen LogP contribution in [0.2, 0.25) is 0 Å². The van der Waals surface area contributed by atoms with Crippen molar-refractivity contribution in [1.82, 2.24) is 0 Å². The molecule has 96 valence electrons. The van der Waals surface area contributed by atoms with E-state index in [9.17, 15) is 9.59 Å². The lowest BCUT2D eigenvalue weighted by molar-refractivity contribution is 0.0999. The first-order valence-electron chi connectivity index (χ1n) is 6.08. The number of hydrogen-bond donors (Lipinski definition) is 2. The molecule has 1 aliphatic rings. The summed E-state index contributed by atoms with van der Waals surface area (Å²) in [6, 6.07) is 4.87. The Bertz CT molecular complexity index is 479. The Kier molecular flexibility index (Phi) is 3.50. The van der Waals surface area contributed by atoms with Crippen LogP contribution in [0, 0.1) is 0 Å². The Hall–Kier alpha value is -2.04. The van der Waals surface area contributed by atoms with Gasteiger partial charge in [-0.3, -0.25) is 9.59 Å². The van der Waals surface area contributed by atoms with Gasteiger partial charge in [-0.25, -0.2) is 0 Å². The fraction of sp³-hybridized carbons (Fsp3) is 0.385. The predicted octanol–water partition coefficient (Wildman–Crippen LogP) is 0.875. The molecule has 1 heterocycles. The predicted molar refractivity (Wildman–Crippen MR) is 69.5 cm³/mol. The Morgan fingerprint density at radius 2 is 1.67 bits per heavy atom. The molecule has 0 aliphatic carbocycles. The number of rotatable bonds is 3. The number of piperidine rings is 1. The lowest BCUT2D eigenvalue weighted by Gasteiger charge is -2.30. The molecule has 1 aromatic carbocycles. The molecule has 1 saturated heterocycles. The summed E-state index contributed by atoms with van der Waals surface area (Å²) >= 11 is 0. The van der Waals surface area contributed by atoms with Crippen LogP contribution in [0.5, 0.6) is 0 Å². The molecule has 5 nitrogen and oxygen atoms in total. The van der Waals surface area contributed by atoms with Gasteiger partial charge in [-0.05, 0) is 37.5 Å². The van der Waals surface area contributed by atoms with E-state index in [2.05, 4.69) is 4.90 Å². The van der Waals surface area contributed by atoms with Gasteiger partial charge in [-0.1, -0.05) is 0 Å². The average molecular weight is 247 g/mol. The van der Waals surface area contributed by atoms with E-state index in [-0.39, 0.29) is 0 Å². The number of anilines is 1. The maximum atomic E-state index is 11.5. The molecule has 4 N–H and O–H groups in total. The molecule has 0 aromatic heterocycles. The summed E-state index contributed by atoms with van der Waals surface area (Å²) in [5, 5.41) is 0. The zero-order valence-corrected chi connectivity index (χ0v) is 10.2. The third-order valence-corrected chi connectivity index (χ3v) is 3.24.